The molecule has 1 heterocycles. The molecule has 0 spiro atoms. The lowest BCUT2D eigenvalue weighted by atomic mass is 10.4. The first-order valence-corrected chi connectivity index (χ1v) is 7.35. The summed E-state index contributed by atoms with van der Waals surface area (Å²) in [6.07, 6.45) is 1.65. The van der Waals surface area contributed by atoms with Gasteiger partial charge in [-0.3, -0.25) is 0 Å². The minimum atomic E-state index is -3.44. The van der Waals surface area contributed by atoms with Gasteiger partial charge in [0, 0.05) is 38.6 Å². The number of ether oxygens (including phenoxy) is 1. The van der Waals surface area contributed by atoms with Crippen molar-refractivity contribution >= 4 is 10.0 Å². The summed E-state index contributed by atoms with van der Waals surface area (Å²) in [4.78, 5) is 0.297. The van der Waals surface area contributed by atoms with Crippen LogP contribution >= 0.6 is 0 Å². The highest BCUT2D eigenvalue weighted by Gasteiger charge is 2.17. The molecule has 0 saturated heterocycles. The van der Waals surface area contributed by atoms with E-state index in [1.165, 1.54) is 7.11 Å². The molecule has 7 heteroatoms. The number of hydrogen-bond acceptors (Lipinski definition) is 4. The number of nitrogens with zero attached hydrogens (tertiary/aromatic N) is 1. The van der Waals surface area contributed by atoms with Crippen LogP contribution in [0.4, 0.5) is 0 Å². The first-order valence-electron chi connectivity index (χ1n) is 5.87. The molecule has 1 aromatic heterocycles. The second kappa shape index (κ2) is 6.89. The van der Waals surface area contributed by atoms with Crippen LogP contribution in [-0.2, 0) is 27.8 Å². The van der Waals surface area contributed by atoms with Gasteiger partial charge in [0.25, 0.3) is 0 Å². The highest BCUT2D eigenvalue weighted by molar-refractivity contribution is 7.89. The van der Waals surface area contributed by atoms with E-state index < -0.39 is 10.0 Å². The predicted octanol–water partition coefficient (Wildman–Crippen LogP) is 0.152. The van der Waals surface area contributed by atoms with Crippen molar-refractivity contribution in [2.45, 2.75) is 24.9 Å². The SMILES string of the molecule is CCn1cc(S(=O)(=O)NCCOC)cc1CNC. The van der Waals surface area contributed by atoms with Gasteiger partial charge in [0.1, 0.15) is 0 Å². The number of rotatable bonds is 8. The Bertz CT molecular complexity index is 468. The molecule has 2 N–H and O–H groups in total. The maximum absolute atomic E-state index is 12.0. The van der Waals surface area contributed by atoms with Crippen LogP contribution in [0.5, 0.6) is 0 Å². The van der Waals surface area contributed by atoms with E-state index in [9.17, 15) is 8.42 Å². The number of sulfonamides is 1. The maximum atomic E-state index is 12.0. The lowest BCUT2D eigenvalue weighted by Gasteiger charge is -2.04. The van der Waals surface area contributed by atoms with E-state index in [0.717, 1.165) is 12.2 Å². The van der Waals surface area contributed by atoms with Gasteiger partial charge in [-0.15, -0.1) is 0 Å². The molecule has 6 nitrogen and oxygen atoms in total. The van der Waals surface area contributed by atoms with Crippen molar-refractivity contribution < 1.29 is 13.2 Å². The molecule has 0 amide bonds. The van der Waals surface area contributed by atoms with Gasteiger partial charge in [0.15, 0.2) is 0 Å². The molecule has 0 unspecified atom stereocenters. The van der Waals surface area contributed by atoms with E-state index in [4.69, 9.17) is 4.74 Å². The topological polar surface area (TPSA) is 72.4 Å². The highest BCUT2D eigenvalue weighted by atomic mass is 32.2. The van der Waals surface area contributed by atoms with Gasteiger partial charge in [-0.05, 0) is 20.0 Å². The van der Waals surface area contributed by atoms with E-state index in [0.29, 0.717) is 18.0 Å². The number of nitrogens with one attached hydrogen (secondary N) is 2. The van der Waals surface area contributed by atoms with Crippen LogP contribution in [-0.4, -0.2) is 40.3 Å². The molecule has 0 aromatic carbocycles. The Morgan fingerprint density at radius 3 is 2.72 bits per heavy atom. The fourth-order valence-electron chi connectivity index (χ4n) is 1.66. The zero-order chi connectivity index (χ0) is 13.6. The second-order valence-corrected chi connectivity index (χ2v) is 5.64. The minimum absolute atomic E-state index is 0.275. The average molecular weight is 275 g/mol. The van der Waals surface area contributed by atoms with Crippen molar-refractivity contribution in [2.24, 2.45) is 0 Å². The maximum Gasteiger partial charge on any atom is 0.242 e. The van der Waals surface area contributed by atoms with Gasteiger partial charge in [0.2, 0.25) is 10.0 Å². The second-order valence-electron chi connectivity index (χ2n) is 3.87. The Balaban J connectivity index is 2.88. The monoisotopic (exact) mass is 275 g/mol. The Kier molecular flexibility index (Phi) is 5.80. The summed E-state index contributed by atoms with van der Waals surface area (Å²) in [5.74, 6) is 0. The van der Waals surface area contributed by atoms with Crippen LogP contribution in [0.3, 0.4) is 0 Å². The van der Waals surface area contributed by atoms with Crippen molar-refractivity contribution in [3.05, 3.63) is 18.0 Å². The zero-order valence-electron chi connectivity index (χ0n) is 11.1. The fourth-order valence-corrected chi connectivity index (χ4v) is 2.73. The van der Waals surface area contributed by atoms with Gasteiger partial charge >= 0.3 is 0 Å². The van der Waals surface area contributed by atoms with Gasteiger partial charge in [-0.1, -0.05) is 0 Å². The average Bonchev–Trinajstić information content (AvgIpc) is 2.74. The van der Waals surface area contributed by atoms with E-state index in [1.54, 1.807) is 12.3 Å². The van der Waals surface area contributed by atoms with Crippen LogP contribution in [0.25, 0.3) is 0 Å². The molecule has 0 aliphatic rings. The molecule has 1 aromatic rings. The van der Waals surface area contributed by atoms with Crippen molar-refractivity contribution in [2.75, 3.05) is 27.3 Å². The normalized spacial score (nSPS) is 11.9. The Labute approximate surface area is 108 Å². The summed E-state index contributed by atoms with van der Waals surface area (Å²) in [6.45, 7) is 3.99. The number of hydrogen-bond donors (Lipinski definition) is 2. The lowest BCUT2D eigenvalue weighted by Crippen LogP contribution is -2.26. The first kappa shape index (κ1) is 15.2. The van der Waals surface area contributed by atoms with Crippen LogP contribution in [0.15, 0.2) is 17.2 Å². The van der Waals surface area contributed by atoms with Crippen LogP contribution in [0.2, 0.25) is 0 Å². The van der Waals surface area contributed by atoms with Gasteiger partial charge in [-0.25, -0.2) is 13.1 Å². The smallest absolute Gasteiger partial charge is 0.242 e. The van der Waals surface area contributed by atoms with Crippen LogP contribution in [0, 0.1) is 0 Å². The summed E-state index contributed by atoms with van der Waals surface area (Å²) in [6, 6.07) is 1.69. The molecule has 0 bridgehead atoms. The molecule has 1 rings (SSSR count). The molecule has 0 saturated carbocycles. The third-order valence-electron chi connectivity index (χ3n) is 2.57. The van der Waals surface area contributed by atoms with Gasteiger partial charge in [0.05, 0.1) is 11.5 Å². The summed E-state index contributed by atoms with van der Waals surface area (Å²) in [7, 11) is -0.0752. The number of methoxy groups -OCH3 is 1. The summed E-state index contributed by atoms with van der Waals surface area (Å²) in [5, 5.41) is 3.02. The Hall–Kier alpha value is -0.890. The molecule has 0 fully saturated rings. The molecule has 0 atom stereocenters. The number of aromatic nitrogens is 1. The molecule has 0 aliphatic carbocycles. The Morgan fingerprint density at radius 2 is 2.17 bits per heavy atom. The van der Waals surface area contributed by atoms with Gasteiger partial charge < -0.3 is 14.6 Å². The quantitative estimate of drug-likeness (QED) is 0.663. The first-order chi connectivity index (χ1) is 8.55. The molecule has 0 radical (unpaired) electrons. The van der Waals surface area contributed by atoms with Crippen molar-refractivity contribution in [1.82, 2.24) is 14.6 Å². The predicted molar refractivity (Wildman–Crippen MR) is 69.9 cm³/mol. The lowest BCUT2D eigenvalue weighted by molar-refractivity contribution is 0.204. The minimum Gasteiger partial charge on any atom is -0.383 e. The largest absolute Gasteiger partial charge is 0.383 e. The fraction of sp³-hybridized carbons (Fsp3) is 0.636. The molecular weight excluding hydrogens is 254 g/mol. The number of aryl methyl sites for hydroxylation is 1. The molecular formula is C11H21N3O3S. The summed E-state index contributed by atoms with van der Waals surface area (Å²) >= 11 is 0. The van der Waals surface area contributed by atoms with Crippen LogP contribution in [0.1, 0.15) is 12.6 Å². The van der Waals surface area contributed by atoms with Crippen molar-refractivity contribution in [3.63, 3.8) is 0 Å². The van der Waals surface area contributed by atoms with Crippen molar-refractivity contribution in [3.8, 4) is 0 Å². The standard InChI is InChI=1S/C11H21N3O3S/c1-4-14-9-11(7-10(14)8-12-2)18(15,16)13-5-6-17-3/h7,9,12-13H,4-6,8H2,1-3H3. The summed E-state index contributed by atoms with van der Waals surface area (Å²) < 4.78 is 33.2. The molecule has 104 valence electrons. The summed E-state index contributed by atoms with van der Waals surface area (Å²) in [5.41, 5.74) is 0.951. The van der Waals surface area contributed by atoms with E-state index in [1.807, 2.05) is 18.5 Å². The van der Waals surface area contributed by atoms with Gasteiger partial charge in [-0.2, -0.15) is 0 Å². The Morgan fingerprint density at radius 1 is 1.44 bits per heavy atom. The zero-order valence-corrected chi connectivity index (χ0v) is 11.9. The molecule has 0 aliphatic heterocycles. The van der Waals surface area contributed by atoms with E-state index in [-0.39, 0.29) is 6.54 Å². The molecule has 18 heavy (non-hydrogen) atoms. The van der Waals surface area contributed by atoms with Crippen molar-refractivity contribution in [1.29, 1.82) is 0 Å². The highest BCUT2D eigenvalue weighted by Crippen LogP contribution is 2.14. The van der Waals surface area contributed by atoms with Crippen LogP contribution < -0.4 is 10.0 Å². The van der Waals surface area contributed by atoms with E-state index in [2.05, 4.69) is 10.0 Å². The third kappa shape index (κ3) is 3.81. The van der Waals surface area contributed by atoms with E-state index >= 15 is 0 Å². The third-order valence-corrected chi connectivity index (χ3v) is 4.00.